The number of hydrogen-bond donors (Lipinski definition) is 2. The second kappa shape index (κ2) is 9.65. The van der Waals surface area contributed by atoms with E-state index in [-0.39, 0.29) is 29.8 Å². The third-order valence-corrected chi connectivity index (χ3v) is 5.59. The molecule has 2 N–H and O–H groups in total. The summed E-state index contributed by atoms with van der Waals surface area (Å²) in [6.45, 7) is 4.39. The Kier molecular flexibility index (Phi) is 8.19. The minimum absolute atomic E-state index is 0.0170. The van der Waals surface area contributed by atoms with Gasteiger partial charge >= 0.3 is 0 Å². The number of hydrogen-bond acceptors (Lipinski definition) is 5. The molecule has 0 fully saturated rings. The lowest BCUT2D eigenvalue weighted by Gasteiger charge is -2.17. The maximum absolute atomic E-state index is 12.3. The first-order chi connectivity index (χ1) is 12.1. The molecular weight excluding hydrogens is 356 g/mol. The fourth-order valence-electron chi connectivity index (χ4n) is 2.22. The quantitative estimate of drug-likeness (QED) is 0.651. The van der Waals surface area contributed by atoms with Crippen LogP contribution in [0.5, 0.6) is 0 Å². The van der Waals surface area contributed by atoms with Crippen LogP contribution >= 0.6 is 0 Å². The van der Waals surface area contributed by atoms with Crippen LogP contribution in [0.25, 0.3) is 0 Å². The topological polar surface area (TPSA) is 98.8 Å². The fraction of sp³-hybridized carbons (Fsp3) is 0.529. The Morgan fingerprint density at radius 2 is 1.69 bits per heavy atom. The summed E-state index contributed by atoms with van der Waals surface area (Å²) >= 11 is 0. The molecule has 0 heterocycles. The summed E-state index contributed by atoms with van der Waals surface area (Å²) in [5.74, 6) is -0.468. The number of carbonyl (C=O) groups is 2. The van der Waals surface area contributed by atoms with Gasteiger partial charge in [-0.2, -0.15) is 0 Å². The summed E-state index contributed by atoms with van der Waals surface area (Å²) in [5, 5.41) is 5.42. The molecule has 2 amide bonds. The summed E-state index contributed by atoms with van der Waals surface area (Å²) < 4.78 is 25.8. The van der Waals surface area contributed by atoms with Crippen molar-refractivity contribution in [2.45, 2.75) is 25.2 Å². The zero-order chi connectivity index (χ0) is 19.9. The van der Waals surface area contributed by atoms with Gasteiger partial charge in [-0.25, -0.2) is 12.7 Å². The van der Waals surface area contributed by atoms with Crippen LogP contribution in [0.2, 0.25) is 0 Å². The van der Waals surface area contributed by atoms with Crippen LogP contribution in [-0.4, -0.2) is 70.2 Å². The minimum atomic E-state index is -3.60. The molecule has 0 bridgehead atoms. The lowest BCUT2D eigenvalue weighted by molar-refractivity contribution is -0.122. The average Bonchev–Trinajstić information content (AvgIpc) is 2.54. The van der Waals surface area contributed by atoms with Gasteiger partial charge in [-0.3, -0.25) is 14.5 Å². The van der Waals surface area contributed by atoms with Crippen molar-refractivity contribution in [2.24, 2.45) is 0 Å². The van der Waals surface area contributed by atoms with Gasteiger partial charge in [0.05, 0.1) is 18.0 Å². The van der Waals surface area contributed by atoms with Crippen LogP contribution in [0, 0.1) is 6.92 Å². The number of nitrogens with one attached hydrogen (secondary N) is 2. The lowest BCUT2D eigenvalue weighted by Crippen LogP contribution is -2.39. The number of nitrogens with zero attached hydrogens (tertiary/aromatic N) is 2. The Labute approximate surface area is 155 Å². The van der Waals surface area contributed by atoms with Crippen LogP contribution in [0.1, 0.15) is 18.9 Å². The maximum atomic E-state index is 12.3. The first kappa shape index (κ1) is 22.1. The molecule has 146 valence electrons. The van der Waals surface area contributed by atoms with E-state index < -0.39 is 10.0 Å². The van der Waals surface area contributed by atoms with Crippen molar-refractivity contribution in [3.05, 3.63) is 23.8 Å². The fourth-order valence-corrected chi connectivity index (χ4v) is 3.36. The third-order valence-electron chi connectivity index (χ3n) is 3.63. The zero-order valence-electron chi connectivity index (χ0n) is 16.0. The molecular formula is C17H28N4O4S. The van der Waals surface area contributed by atoms with Crippen LogP contribution in [0.15, 0.2) is 23.1 Å². The van der Waals surface area contributed by atoms with Crippen molar-refractivity contribution in [1.82, 2.24) is 14.5 Å². The van der Waals surface area contributed by atoms with Crippen LogP contribution < -0.4 is 10.6 Å². The van der Waals surface area contributed by atoms with Crippen LogP contribution in [0.4, 0.5) is 5.69 Å². The Hall–Kier alpha value is -1.97. The highest BCUT2D eigenvalue weighted by Crippen LogP contribution is 2.22. The largest absolute Gasteiger partial charge is 0.355 e. The first-order valence-corrected chi connectivity index (χ1v) is 9.80. The van der Waals surface area contributed by atoms with E-state index in [0.717, 1.165) is 10.7 Å². The number of amides is 2. The number of benzene rings is 1. The van der Waals surface area contributed by atoms with Gasteiger partial charge in [-0.15, -0.1) is 0 Å². The molecule has 0 aliphatic carbocycles. The minimum Gasteiger partial charge on any atom is -0.355 e. The molecule has 9 heteroatoms. The first-order valence-electron chi connectivity index (χ1n) is 8.36. The van der Waals surface area contributed by atoms with E-state index >= 15 is 0 Å². The molecule has 1 aromatic carbocycles. The van der Waals surface area contributed by atoms with Gasteiger partial charge in [0.15, 0.2) is 0 Å². The van der Waals surface area contributed by atoms with E-state index in [1.807, 2.05) is 6.92 Å². The predicted octanol–water partition coefficient (Wildman–Crippen LogP) is 0.642. The van der Waals surface area contributed by atoms with Crippen molar-refractivity contribution in [3.8, 4) is 0 Å². The molecule has 0 unspecified atom stereocenters. The second-order valence-corrected chi connectivity index (χ2v) is 8.46. The Bertz CT molecular complexity index is 747. The molecule has 0 spiro atoms. The van der Waals surface area contributed by atoms with E-state index in [2.05, 4.69) is 10.6 Å². The van der Waals surface area contributed by atoms with Gasteiger partial charge in [0.25, 0.3) is 0 Å². The number of rotatable bonds is 9. The summed E-state index contributed by atoms with van der Waals surface area (Å²) in [7, 11) is 0.988. The van der Waals surface area contributed by atoms with Gasteiger partial charge in [0.1, 0.15) is 0 Å². The molecule has 0 radical (unpaired) electrons. The summed E-state index contributed by atoms with van der Waals surface area (Å²) in [6, 6.07) is 4.74. The smallest absolute Gasteiger partial charge is 0.242 e. The Morgan fingerprint density at radius 1 is 1.08 bits per heavy atom. The molecule has 8 nitrogen and oxygen atoms in total. The van der Waals surface area contributed by atoms with Gasteiger partial charge in [0, 0.05) is 26.3 Å². The molecule has 0 aliphatic rings. The lowest BCUT2D eigenvalue weighted by atomic mass is 10.2. The van der Waals surface area contributed by atoms with Crippen molar-refractivity contribution in [2.75, 3.05) is 46.1 Å². The standard InChI is InChI=1S/C17H28N4O4S/c1-6-9-18-16(22)11-21(5)12-17(23)19-14-8-7-13(2)15(10-14)26(24,25)20(3)4/h7-8,10H,6,9,11-12H2,1-5H3,(H,18,22)(H,19,23). The number of likely N-dealkylation sites (N-methyl/N-ethyl adjacent to an activating group) is 1. The number of sulfonamides is 1. The Morgan fingerprint density at radius 3 is 2.27 bits per heavy atom. The van der Waals surface area contributed by atoms with Crippen LogP contribution in [-0.2, 0) is 19.6 Å². The maximum Gasteiger partial charge on any atom is 0.242 e. The van der Waals surface area contributed by atoms with E-state index in [4.69, 9.17) is 0 Å². The molecule has 0 saturated heterocycles. The highest BCUT2D eigenvalue weighted by molar-refractivity contribution is 7.89. The molecule has 0 saturated carbocycles. The highest BCUT2D eigenvalue weighted by atomic mass is 32.2. The zero-order valence-corrected chi connectivity index (χ0v) is 16.8. The number of aryl methyl sites for hydroxylation is 1. The highest BCUT2D eigenvalue weighted by Gasteiger charge is 2.20. The van der Waals surface area contributed by atoms with Gasteiger partial charge in [-0.1, -0.05) is 13.0 Å². The molecule has 1 rings (SSSR count). The summed E-state index contributed by atoms with van der Waals surface area (Å²) in [4.78, 5) is 25.5. The number of carbonyl (C=O) groups excluding carboxylic acids is 2. The van der Waals surface area contributed by atoms with Gasteiger partial charge in [-0.05, 0) is 38.1 Å². The van der Waals surface area contributed by atoms with Crippen molar-refractivity contribution in [1.29, 1.82) is 0 Å². The predicted molar refractivity (Wildman–Crippen MR) is 101 cm³/mol. The van der Waals surface area contributed by atoms with Crippen molar-refractivity contribution >= 4 is 27.5 Å². The van der Waals surface area contributed by atoms with Gasteiger partial charge in [0.2, 0.25) is 21.8 Å². The van der Waals surface area contributed by atoms with E-state index in [1.165, 1.54) is 20.2 Å². The third kappa shape index (κ3) is 6.40. The second-order valence-electron chi connectivity index (χ2n) is 6.34. The van der Waals surface area contributed by atoms with E-state index in [9.17, 15) is 18.0 Å². The van der Waals surface area contributed by atoms with Crippen LogP contribution in [0.3, 0.4) is 0 Å². The van der Waals surface area contributed by atoms with E-state index in [1.54, 1.807) is 31.0 Å². The molecule has 0 atom stereocenters. The Balaban J connectivity index is 2.74. The van der Waals surface area contributed by atoms with Gasteiger partial charge < -0.3 is 10.6 Å². The summed E-state index contributed by atoms with van der Waals surface area (Å²) in [6.07, 6.45) is 0.849. The average molecular weight is 385 g/mol. The molecule has 0 aliphatic heterocycles. The normalized spacial score (nSPS) is 11.7. The SMILES string of the molecule is CCCNC(=O)CN(C)CC(=O)Nc1ccc(C)c(S(=O)(=O)N(C)C)c1. The summed E-state index contributed by atoms with van der Waals surface area (Å²) in [5.41, 5.74) is 0.992. The number of anilines is 1. The van der Waals surface area contributed by atoms with Crippen molar-refractivity contribution < 1.29 is 18.0 Å². The van der Waals surface area contributed by atoms with E-state index in [0.29, 0.717) is 17.8 Å². The molecule has 1 aromatic rings. The molecule has 26 heavy (non-hydrogen) atoms. The molecule has 0 aromatic heterocycles. The van der Waals surface area contributed by atoms with Crippen molar-refractivity contribution in [3.63, 3.8) is 0 Å². The monoisotopic (exact) mass is 384 g/mol.